The zero-order valence-corrected chi connectivity index (χ0v) is 10.7. The average Bonchev–Trinajstić information content (AvgIpc) is 2.62. The van der Waals surface area contributed by atoms with Crippen molar-refractivity contribution in [1.82, 2.24) is 0 Å². The van der Waals surface area contributed by atoms with E-state index in [1.165, 1.54) is 0 Å². The molecule has 0 aliphatic heterocycles. The van der Waals surface area contributed by atoms with Gasteiger partial charge in [0, 0.05) is 0 Å². The SMILES string of the molecule is Cc1c(N=C=O)cc(N=C=O)c2c1CCC2(C)C. The van der Waals surface area contributed by atoms with Crippen molar-refractivity contribution in [2.75, 3.05) is 0 Å². The molecule has 0 saturated carbocycles. The minimum absolute atomic E-state index is 0.0147. The summed E-state index contributed by atoms with van der Waals surface area (Å²) in [5.74, 6) is 0. The van der Waals surface area contributed by atoms with Crippen LogP contribution >= 0.6 is 0 Å². The fourth-order valence-electron chi connectivity index (χ4n) is 2.74. The molecule has 0 radical (unpaired) electrons. The number of benzene rings is 1. The predicted molar refractivity (Wildman–Crippen MR) is 68.1 cm³/mol. The van der Waals surface area contributed by atoms with Gasteiger partial charge in [-0.2, -0.15) is 9.98 Å². The molecule has 4 heteroatoms. The third-order valence-electron chi connectivity index (χ3n) is 3.68. The maximum absolute atomic E-state index is 10.5. The number of fused-ring (bicyclic) bond motifs is 1. The van der Waals surface area contributed by atoms with Crippen molar-refractivity contribution in [3.05, 3.63) is 22.8 Å². The van der Waals surface area contributed by atoms with Crippen LogP contribution < -0.4 is 0 Å². The third-order valence-corrected chi connectivity index (χ3v) is 3.68. The van der Waals surface area contributed by atoms with Crippen LogP contribution in [0.5, 0.6) is 0 Å². The maximum Gasteiger partial charge on any atom is 0.240 e. The summed E-state index contributed by atoms with van der Waals surface area (Å²) < 4.78 is 0. The zero-order valence-electron chi connectivity index (χ0n) is 10.7. The van der Waals surface area contributed by atoms with Gasteiger partial charge in [0.25, 0.3) is 0 Å². The van der Waals surface area contributed by atoms with Crippen LogP contribution in [0.15, 0.2) is 16.1 Å². The Bertz CT molecular complexity index is 605. The Labute approximate surface area is 105 Å². The molecule has 1 aromatic carbocycles. The second kappa shape index (κ2) is 4.34. The molecule has 0 saturated heterocycles. The molecule has 18 heavy (non-hydrogen) atoms. The first-order valence-electron chi connectivity index (χ1n) is 5.84. The Hall–Kier alpha value is -2.02. The van der Waals surface area contributed by atoms with Crippen LogP contribution in [0.1, 0.15) is 37.0 Å². The molecule has 92 valence electrons. The number of rotatable bonds is 2. The highest BCUT2D eigenvalue weighted by molar-refractivity contribution is 5.71. The van der Waals surface area contributed by atoms with E-state index in [1.807, 2.05) is 6.92 Å². The summed E-state index contributed by atoms with van der Waals surface area (Å²) in [6, 6.07) is 1.66. The molecular weight excluding hydrogens is 228 g/mol. The summed E-state index contributed by atoms with van der Waals surface area (Å²) in [5, 5.41) is 0. The van der Waals surface area contributed by atoms with Crippen molar-refractivity contribution >= 4 is 23.5 Å². The smallest absolute Gasteiger partial charge is 0.211 e. The van der Waals surface area contributed by atoms with Gasteiger partial charge in [0.15, 0.2) is 0 Å². The molecule has 0 amide bonds. The second-order valence-electron chi connectivity index (χ2n) is 5.18. The van der Waals surface area contributed by atoms with Gasteiger partial charge >= 0.3 is 0 Å². The summed E-state index contributed by atoms with van der Waals surface area (Å²) in [5.41, 5.74) is 4.29. The molecule has 0 atom stereocenters. The number of hydrogen-bond donors (Lipinski definition) is 0. The lowest BCUT2D eigenvalue weighted by molar-refractivity contribution is 0.523. The van der Waals surface area contributed by atoms with E-state index < -0.39 is 0 Å². The van der Waals surface area contributed by atoms with E-state index in [0.717, 1.165) is 29.5 Å². The molecule has 0 spiro atoms. The van der Waals surface area contributed by atoms with Gasteiger partial charge in [0.05, 0.1) is 11.4 Å². The van der Waals surface area contributed by atoms with Gasteiger partial charge in [0.1, 0.15) is 0 Å². The molecule has 0 heterocycles. The van der Waals surface area contributed by atoms with Crippen LogP contribution in [-0.4, -0.2) is 12.2 Å². The highest BCUT2D eigenvalue weighted by Gasteiger charge is 2.34. The molecule has 0 unspecified atom stereocenters. The van der Waals surface area contributed by atoms with Gasteiger partial charge in [0.2, 0.25) is 12.2 Å². The van der Waals surface area contributed by atoms with Crippen molar-refractivity contribution in [2.45, 2.75) is 39.0 Å². The molecule has 0 N–H and O–H groups in total. The monoisotopic (exact) mass is 242 g/mol. The molecule has 0 fully saturated rings. The Morgan fingerprint density at radius 1 is 1.17 bits per heavy atom. The summed E-state index contributed by atoms with van der Waals surface area (Å²) >= 11 is 0. The zero-order chi connectivity index (χ0) is 13.3. The molecule has 2 rings (SSSR count). The van der Waals surface area contributed by atoms with Crippen molar-refractivity contribution in [1.29, 1.82) is 0 Å². The fourth-order valence-corrected chi connectivity index (χ4v) is 2.74. The molecule has 4 nitrogen and oxygen atoms in total. The minimum Gasteiger partial charge on any atom is -0.211 e. The minimum atomic E-state index is -0.0147. The van der Waals surface area contributed by atoms with Crippen molar-refractivity contribution in [2.24, 2.45) is 9.98 Å². The van der Waals surface area contributed by atoms with E-state index in [9.17, 15) is 9.59 Å². The summed E-state index contributed by atoms with van der Waals surface area (Å²) in [6.45, 7) is 6.19. The lowest BCUT2D eigenvalue weighted by atomic mass is 9.84. The molecule has 0 bridgehead atoms. The van der Waals surface area contributed by atoms with Crippen LogP contribution in [-0.2, 0) is 21.4 Å². The van der Waals surface area contributed by atoms with Gasteiger partial charge in [-0.05, 0) is 47.9 Å². The van der Waals surface area contributed by atoms with Crippen molar-refractivity contribution in [3.63, 3.8) is 0 Å². The Morgan fingerprint density at radius 2 is 1.78 bits per heavy atom. The van der Waals surface area contributed by atoms with Gasteiger partial charge in [-0.1, -0.05) is 13.8 Å². The molecule has 0 aromatic heterocycles. The molecule has 1 aromatic rings. The van der Waals surface area contributed by atoms with E-state index in [2.05, 4.69) is 23.8 Å². The summed E-state index contributed by atoms with van der Waals surface area (Å²) in [7, 11) is 0. The molecule has 1 aliphatic rings. The van der Waals surface area contributed by atoms with Crippen molar-refractivity contribution < 1.29 is 9.59 Å². The first kappa shape index (κ1) is 12.4. The lowest BCUT2D eigenvalue weighted by Gasteiger charge is -2.21. The van der Waals surface area contributed by atoms with Gasteiger partial charge in [-0.15, -0.1) is 0 Å². The maximum atomic E-state index is 10.5. The first-order valence-corrected chi connectivity index (χ1v) is 5.84. The standard InChI is InChI=1S/C14H14N2O2/c1-9-10-4-5-14(2,3)13(10)12(16-8-18)6-11(9)15-7-17/h6H,4-5H2,1-3H3. The quantitative estimate of drug-likeness (QED) is 0.590. The lowest BCUT2D eigenvalue weighted by Crippen LogP contribution is -2.12. The summed E-state index contributed by atoms with van der Waals surface area (Å²) in [6.07, 6.45) is 5.03. The van der Waals surface area contributed by atoms with E-state index in [-0.39, 0.29) is 5.41 Å². The predicted octanol–water partition coefficient (Wildman–Crippen LogP) is 3.15. The van der Waals surface area contributed by atoms with Gasteiger partial charge < -0.3 is 0 Å². The fraction of sp³-hybridized carbons (Fsp3) is 0.429. The van der Waals surface area contributed by atoms with E-state index in [1.54, 1.807) is 18.2 Å². The number of nitrogens with zero attached hydrogens (tertiary/aromatic N) is 2. The Balaban J connectivity index is 2.81. The van der Waals surface area contributed by atoms with E-state index in [0.29, 0.717) is 11.4 Å². The van der Waals surface area contributed by atoms with Gasteiger partial charge in [-0.25, -0.2) is 9.59 Å². The third kappa shape index (κ3) is 1.82. The largest absolute Gasteiger partial charge is 0.240 e. The number of aliphatic imine (C=N–C) groups is 2. The Morgan fingerprint density at radius 3 is 2.39 bits per heavy atom. The van der Waals surface area contributed by atoms with Crippen LogP contribution in [0.3, 0.4) is 0 Å². The van der Waals surface area contributed by atoms with Crippen LogP contribution in [0.4, 0.5) is 11.4 Å². The highest BCUT2D eigenvalue weighted by Crippen LogP contribution is 2.47. The van der Waals surface area contributed by atoms with Crippen molar-refractivity contribution in [3.8, 4) is 0 Å². The second-order valence-corrected chi connectivity index (χ2v) is 5.18. The summed E-state index contributed by atoms with van der Waals surface area (Å²) in [4.78, 5) is 28.4. The topological polar surface area (TPSA) is 58.9 Å². The van der Waals surface area contributed by atoms with Gasteiger partial charge in [-0.3, -0.25) is 0 Å². The van der Waals surface area contributed by atoms with Crippen LogP contribution in [0.2, 0.25) is 0 Å². The van der Waals surface area contributed by atoms with Crippen LogP contribution in [0.25, 0.3) is 0 Å². The van der Waals surface area contributed by atoms with E-state index in [4.69, 9.17) is 0 Å². The number of isocyanates is 2. The normalized spacial score (nSPS) is 15.5. The molecule has 1 aliphatic carbocycles. The number of hydrogen-bond acceptors (Lipinski definition) is 4. The molecular formula is C14H14N2O2. The van der Waals surface area contributed by atoms with E-state index >= 15 is 0 Å². The van der Waals surface area contributed by atoms with Crippen LogP contribution in [0, 0.1) is 6.92 Å². The Kier molecular flexibility index (Phi) is 3.00. The number of carbonyl (C=O) groups excluding carboxylic acids is 2. The first-order chi connectivity index (χ1) is 8.51. The average molecular weight is 242 g/mol. The highest BCUT2D eigenvalue weighted by atomic mass is 16.1.